The summed E-state index contributed by atoms with van der Waals surface area (Å²) in [6.45, 7) is 0.629. The maximum atomic E-state index is 11.6. The molecule has 9 heteroatoms. The molecule has 0 saturated carbocycles. The highest BCUT2D eigenvalue weighted by Crippen LogP contribution is 2.43. The van der Waals surface area contributed by atoms with E-state index in [-0.39, 0.29) is 24.0 Å². The Balaban J connectivity index is 1.62. The van der Waals surface area contributed by atoms with E-state index in [1.54, 1.807) is 24.3 Å². The van der Waals surface area contributed by atoms with E-state index in [4.69, 9.17) is 16.3 Å². The number of carbonyl (C=O) groups excluding carboxylic acids is 1. The average molecular weight is 404 g/mol. The highest BCUT2D eigenvalue weighted by Gasteiger charge is 2.37. The number of anilines is 2. The van der Waals surface area contributed by atoms with Crippen LogP contribution in [0.4, 0.5) is 17.1 Å². The van der Waals surface area contributed by atoms with Gasteiger partial charge in [0.25, 0.3) is 11.6 Å². The van der Waals surface area contributed by atoms with Gasteiger partial charge in [0.05, 0.1) is 22.3 Å². The number of nitrogens with one attached hydrogen (secondary N) is 1. The molecule has 0 spiro atoms. The summed E-state index contributed by atoms with van der Waals surface area (Å²) >= 11 is 6.24. The number of nitro benzene ring substituents is 1. The Morgan fingerprint density at radius 2 is 1.96 bits per heavy atom. The van der Waals surface area contributed by atoms with Gasteiger partial charge in [0.1, 0.15) is 5.69 Å². The van der Waals surface area contributed by atoms with Crippen LogP contribution in [0.15, 0.2) is 36.4 Å². The lowest BCUT2D eigenvalue weighted by atomic mass is 9.84. The Hall–Kier alpha value is -2.84. The minimum absolute atomic E-state index is 0.0990. The first kappa shape index (κ1) is 18.5. The van der Waals surface area contributed by atoms with Crippen LogP contribution in [0.5, 0.6) is 5.75 Å². The number of carbonyl (C=O) groups is 1. The number of amides is 1. The SMILES string of the molecule is O=C1COc2cc([N+](=O)[O-])c(N3CCC(O)(c4ccccc4Cl)CC3)cc2N1. The second-order valence-electron chi connectivity index (χ2n) is 6.93. The molecular weight excluding hydrogens is 386 g/mol. The predicted octanol–water partition coefficient (Wildman–Crippen LogP) is 3.07. The van der Waals surface area contributed by atoms with Crippen LogP contribution < -0.4 is 15.0 Å². The third-order valence-electron chi connectivity index (χ3n) is 5.21. The van der Waals surface area contributed by atoms with Crippen LogP contribution in [0.3, 0.4) is 0 Å². The van der Waals surface area contributed by atoms with E-state index in [0.29, 0.717) is 47.9 Å². The third kappa shape index (κ3) is 3.25. The summed E-state index contributed by atoms with van der Waals surface area (Å²) in [7, 11) is 0. The number of hydrogen-bond acceptors (Lipinski definition) is 6. The van der Waals surface area contributed by atoms with Crippen molar-refractivity contribution in [3.8, 4) is 5.75 Å². The molecule has 1 saturated heterocycles. The van der Waals surface area contributed by atoms with E-state index in [9.17, 15) is 20.0 Å². The number of hydrogen-bond donors (Lipinski definition) is 2. The molecule has 2 aliphatic rings. The van der Waals surface area contributed by atoms with Gasteiger partial charge in [-0.2, -0.15) is 0 Å². The second kappa shape index (κ2) is 6.96. The number of halogens is 1. The van der Waals surface area contributed by atoms with Crippen LogP contribution in [-0.4, -0.2) is 35.6 Å². The Morgan fingerprint density at radius 3 is 2.64 bits per heavy atom. The van der Waals surface area contributed by atoms with Crippen LogP contribution in [0.2, 0.25) is 5.02 Å². The van der Waals surface area contributed by atoms with E-state index in [1.807, 2.05) is 11.0 Å². The maximum Gasteiger partial charge on any atom is 0.296 e. The molecule has 28 heavy (non-hydrogen) atoms. The number of ether oxygens (including phenoxy) is 1. The first-order chi connectivity index (χ1) is 13.4. The predicted molar refractivity (Wildman–Crippen MR) is 104 cm³/mol. The lowest BCUT2D eigenvalue weighted by Gasteiger charge is -2.40. The number of fused-ring (bicyclic) bond motifs is 1. The minimum atomic E-state index is -1.09. The van der Waals surface area contributed by atoms with Crippen molar-refractivity contribution in [2.45, 2.75) is 18.4 Å². The van der Waals surface area contributed by atoms with Crippen molar-refractivity contribution < 1.29 is 19.6 Å². The van der Waals surface area contributed by atoms with Gasteiger partial charge in [0, 0.05) is 23.7 Å². The quantitative estimate of drug-likeness (QED) is 0.602. The van der Waals surface area contributed by atoms with Crippen molar-refractivity contribution in [2.75, 3.05) is 29.9 Å². The van der Waals surface area contributed by atoms with Crippen LogP contribution in [-0.2, 0) is 10.4 Å². The molecule has 2 heterocycles. The Morgan fingerprint density at radius 1 is 1.25 bits per heavy atom. The summed E-state index contributed by atoms with van der Waals surface area (Å²) in [5, 5.41) is 25.8. The molecule has 2 aromatic carbocycles. The third-order valence-corrected chi connectivity index (χ3v) is 5.54. The van der Waals surface area contributed by atoms with Gasteiger partial charge in [-0.15, -0.1) is 0 Å². The number of rotatable bonds is 3. The number of piperidine rings is 1. The summed E-state index contributed by atoms with van der Waals surface area (Å²) in [6, 6.07) is 10.0. The van der Waals surface area contributed by atoms with Crippen molar-refractivity contribution >= 4 is 34.6 Å². The minimum Gasteiger partial charge on any atom is -0.481 e. The summed E-state index contributed by atoms with van der Waals surface area (Å²) in [5.41, 5.74) is 0.268. The van der Waals surface area contributed by atoms with Crippen LogP contribution in [0, 0.1) is 10.1 Å². The Kier molecular flexibility index (Phi) is 4.60. The molecule has 0 bridgehead atoms. The molecule has 4 rings (SSSR count). The van der Waals surface area contributed by atoms with Crippen molar-refractivity contribution in [1.29, 1.82) is 0 Å². The van der Waals surface area contributed by atoms with Gasteiger partial charge in [-0.3, -0.25) is 14.9 Å². The van der Waals surface area contributed by atoms with Gasteiger partial charge in [-0.25, -0.2) is 0 Å². The molecule has 0 radical (unpaired) electrons. The number of nitrogens with zero attached hydrogens (tertiary/aromatic N) is 2. The fourth-order valence-corrected chi connectivity index (χ4v) is 4.04. The molecule has 146 valence electrons. The first-order valence-corrected chi connectivity index (χ1v) is 9.23. The molecule has 8 nitrogen and oxygen atoms in total. The fourth-order valence-electron chi connectivity index (χ4n) is 3.73. The van der Waals surface area contributed by atoms with Gasteiger partial charge in [0.2, 0.25) is 0 Å². The summed E-state index contributed by atoms with van der Waals surface area (Å²) in [6.07, 6.45) is 0.738. The van der Waals surface area contributed by atoms with Crippen LogP contribution >= 0.6 is 11.6 Å². The lowest BCUT2D eigenvalue weighted by Crippen LogP contribution is -2.43. The van der Waals surface area contributed by atoms with Gasteiger partial charge in [0.15, 0.2) is 12.4 Å². The Labute approximate surface area is 165 Å². The summed E-state index contributed by atoms with van der Waals surface area (Å²) in [4.78, 5) is 24.5. The zero-order valence-corrected chi connectivity index (χ0v) is 15.6. The monoisotopic (exact) mass is 403 g/mol. The molecule has 2 N–H and O–H groups in total. The lowest BCUT2D eigenvalue weighted by molar-refractivity contribution is -0.384. The van der Waals surface area contributed by atoms with E-state index in [1.165, 1.54) is 6.07 Å². The standard InChI is InChI=1S/C19H18ClN3O5/c20-13-4-2-1-3-12(13)19(25)5-7-22(8-6-19)15-9-14-17(10-16(15)23(26)27)28-11-18(24)21-14/h1-4,9-10,25H,5-8,11H2,(H,21,24). The van der Waals surface area contributed by atoms with Crippen molar-refractivity contribution in [1.82, 2.24) is 0 Å². The van der Waals surface area contributed by atoms with E-state index in [0.717, 1.165) is 0 Å². The van der Waals surface area contributed by atoms with E-state index >= 15 is 0 Å². The first-order valence-electron chi connectivity index (χ1n) is 8.85. The molecule has 0 aliphatic carbocycles. The largest absolute Gasteiger partial charge is 0.481 e. The number of nitro groups is 1. The zero-order chi connectivity index (χ0) is 19.9. The molecule has 0 unspecified atom stereocenters. The second-order valence-corrected chi connectivity index (χ2v) is 7.34. The smallest absolute Gasteiger partial charge is 0.296 e. The number of aliphatic hydroxyl groups is 1. The van der Waals surface area contributed by atoms with Crippen LogP contribution in [0.25, 0.3) is 0 Å². The molecule has 2 aromatic rings. The number of benzene rings is 2. The van der Waals surface area contributed by atoms with Gasteiger partial charge < -0.3 is 20.1 Å². The van der Waals surface area contributed by atoms with E-state index < -0.39 is 10.5 Å². The molecule has 0 aromatic heterocycles. The molecule has 1 amide bonds. The zero-order valence-electron chi connectivity index (χ0n) is 14.9. The molecule has 2 aliphatic heterocycles. The van der Waals surface area contributed by atoms with Crippen molar-refractivity contribution in [3.05, 3.63) is 57.1 Å². The van der Waals surface area contributed by atoms with Gasteiger partial charge >= 0.3 is 0 Å². The highest BCUT2D eigenvalue weighted by atomic mass is 35.5. The van der Waals surface area contributed by atoms with Gasteiger partial charge in [-0.05, 0) is 25.0 Å². The van der Waals surface area contributed by atoms with Crippen molar-refractivity contribution in [3.63, 3.8) is 0 Å². The molecule has 1 fully saturated rings. The highest BCUT2D eigenvalue weighted by molar-refractivity contribution is 6.31. The summed E-state index contributed by atoms with van der Waals surface area (Å²) < 4.78 is 5.28. The van der Waals surface area contributed by atoms with Crippen molar-refractivity contribution in [2.24, 2.45) is 0 Å². The maximum absolute atomic E-state index is 11.6. The van der Waals surface area contributed by atoms with Crippen LogP contribution in [0.1, 0.15) is 18.4 Å². The Bertz CT molecular complexity index is 957. The topological polar surface area (TPSA) is 105 Å². The summed E-state index contributed by atoms with van der Waals surface area (Å²) in [5.74, 6) is -0.0290. The van der Waals surface area contributed by atoms with E-state index in [2.05, 4.69) is 5.32 Å². The average Bonchev–Trinajstić information content (AvgIpc) is 2.67. The normalized spacial score (nSPS) is 18.1. The molecular formula is C19H18ClN3O5. The fraction of sp³-hybridized carbons (Fsp3) is 0.316. The van der Waals surface area contributed by atoms with Gasteiger partial charge in [-0.1, -0.05) is 29.8 Å². The molecule has 0 atom stereocenters.